The summed E-state index contributed by atoms with van der Waals surface area (Å²) in [5.41, 5.74) is 4.23. The molecule has 3 heterocycles. The van der Waals surface area contributed by atoms with E-state index in [0.717, 1.165) is 21.7 Å². The summed E-state index contributed by atoms with van der Waals surface area (Å²) in [5.74, 6) is -1.05. The van der Waals surface area contributed by atoms with Crippen LogP contribution in [0.15, 0.2) is 40.4 Å². The van der Waals surface area contributed by atoms with Gasteiger partial charge in [-0.15, -0.1) is 11.3 Å². The minimum absolute atomic E-state index is 0.0432. The molecule has 3 aromatic rings. The number of aliphatic hydroxyl groups is 1. The molecule has 0 saturated carbocycles. The van der Waals surface area contributed by atoms with Crippen molar-refractivity contribution in [2.45, 2.75) is 78.2 Å². The third-order valence-corrected chi connectivity index (χ3v) is 9.53. The molecular formula is C39H57N5O11S. The topological polar surface area (TPSA) is 193 Å². The van der Waals surface area contributed by atoms with Crippen LogP contribution in [-0.4, -0.2) is 128 Å². The first-order valence-corrected chi connectivity index (χ1v) is 19.8. The maximum absolute atomic E-state index is 13.9. The van der Waals surface area contributed by atoms with E-state index in [1.165, 1.54) is 4.90 Å². The predicted molar refractivity (Wildman–Crippen MR) is 207 cm³/mol. The number of nitrogens with one attached hydrogen (secondary N) is 2. The fraction of sp³-hybridized carbons (Fsp3) is 0.615. The number of benzene rings is 1. The van der Waals surface area contributed by atoms with Gasteiger partial charge in [-0.2, -0.15) is 0 Å². The summed E-state index contributed by atoms with van der Waals surface area (Å²) in [5, 5.41) is 20.1. The van der Waals surface area contributed by atoms with Crippen molar-refractivity contribution in [2.75, 3.05) is 72.6 Å². The molecule has 1 aliphatic heterocycles. The number of aromatic nitrogens is 2. The number of amides is 3. The second kappa shape index (κ2) is 22.6. The molecular weight excluding hydrogens is 747 g/mol. The monoisotopic (exact) mass is 803 g/mol. The molecule has 56 heavy (non-hydrogen) atoms. The van der Waals surface area contributed by atoms with Crippen molar-refractivity contribution in [3.8, 4) is 16.3 Å². The van der Waals surface area contributed by atoms with Crippen LogP contribution in [-0.2, 0) is 39.8 Å². The van der Waals surface area contributed by atoms with Gasteiger partial charge >= 0.3 is 6.09 Å². The van der Waals surface area contributed by atoms with Crippen LogP contribution in [0, 0.1) is 12.8 Å². The van der Waals surface area contributed by atoms with Gasteiger partial charge in [0.15, 0.2) is 5.76 Å². The number of rotatable bonds is 23. The van der Waals surface area contributed by atoms with Crippen molar-refractivity contribution in [1.82, 2.24) is 25.7 Å². The summed E-state index contributed by atoms with van der Waals surface area (Å²) in [6.07, 6.45) is -1.16. The molecule has 1 aromatic carbocycles. The average Bonchev–Trinajstić information content (AvgIpc) is 3.89. The summed E-state index contributed by atoms with van der Waals surface area (Å²) >= 11 is 1.58. The van der Waals surface area contributed by atoms with E-state index in [4.69, 9.17) is 32.9 Å². The maximum atomic E-state index is 13.9. The molecule has 2 aromatic heterocycles. The third kappa shape index (κ3) is 14.7. The highest BCUT2D eigenvalue weighted by molar-refractivity contribution is 7.13. The van der Waals surface area contributed by atoms with Gasteiger partial charge in [0.25, 0.3) is 5.88 Å². The Hall–Kier alpha value is -4.13. The molecule has 0 bridgehead atoms. The van der Waals surface area contributed by atoms with E-state index in [2.05, 4.69) is 20.8 Å². The largest absolute Gasteiger partial charge is 0.473 e. The Bertz CT molecular complexity index is 1640. The summed E-state index contributed by atoms with van der Waals surface area (Å²) in [6.45, 7) is 15.0. The Labute approximate surface area is 332 Å². The van der Waals surface area contributed by atoms with Gasteiger partial charge in [0, 0.05) is 32.1 Å². The first-order valence-electron chi connectivity index (χ1n) is 18.9. The second-order valence-electron chi connectivity index (χ2n) is 14.6. The van der Waals surface area contributed by atoms with E-state index in [1.807, 2.05) is 50.5 Å². The summed E-state index contributed by atoms with van der Waals surface area (Å²) < 4.78 is 38.3. The predicted octanol–water partition coefficient (Wildman–Crippen LogP) is 4.09. The van der Waals surface area contributed by atoms with Gasteiger partial charge in [0.2, 0.25) is 11.8 Å². The SMILES string of the molecule is Cc1ncsc1-c1ccc(CNC(=O)[C@@H]2C[C@@H](O)CN2C(=O)C(c2cc(OCCOCCOCCOCCOCCNC(=O)OC(C)(C)C)no2)C(C)C)cc1. The molecule has 1 saturated heterocycles. The highest BCUT2D eigenvalue weighted by Crippen LogP contribution is 2.32. The quantitative estimate of drug-likeness (QED) is 0.116. The van der Waals surface area contributed by atoms with Crippen LogP contribution in [0.3, 0.4) is 0 Å². The van der Waals surface area contributed by atoms with Crippen molar-refractivity contribution in [3.63, 3.8) is 0 Å². The Balaban J connectivity index is 1.09. The van der Waals surface area contributed by atoms with E-state index in [-0.39, 0.29) is 56.3 Å². The smallest absolute Gasteiger partial charge is 0.407 e. The number of nitrogens with zero attached hydrogens (tertiary/aromatic N) is 3. The third-order valence-electron chi connectivity index (χ3n) is 8.55. The van der Waals surface area contributed by atoms with E-state index >= 15 is 0 Å². The minimum Gasteiger partial charge on any atom is -0.473 e. The molecule has 17 heteroatoms. The van der Waals surface area contributed by atoms with Gasteiger partial charge in [0.1, 0.15) is 24.2 Å². The van der Waals surface area contributed by atoms with Crippen LogP contribution < -0.4 is 15.4 Å². The Morgan fingerprint density at radius 2 is 1.57 bits per heavy atom. The Kier molecular flexibility index (Phi) is 18.0. The van der Waals surface area contributed by atoms with Crippen molar-refractivity contribution in [2.24, 2.45) is 5.92 Å². The Morgan fingerprint density at radius 3 is 2.16 bits per heavy atom. The number of alkyl carbamates (subject to hydrolysis) is 1. The van der Waals surface area contributed by atoms with Gasteiger partial charge in [-0.05, 0) is 49.9 Å². The van der Waals surface area contributed by atoms with Crippen LogP contribution in [0.5, 0.6) is 5.88 Å². The first-order chi connectivity index (χ1) is 26.8. The maximum Gasteiger partial charge on any atom is 0.407 e. The molecule has 1 unspecified atom stereocenters. The number of carbonyl (C=O) groups excluding carboxylic acids is 3. The van der Waals surface area contributed by atoms with Crippen molar-refractivity contribution in [1.29, 1.82) is 0 Å². The average molecular weight is 804 g/mol. The zero-order valence-electron chi connectivity index (χ0n) is 33.2. The van der Waals surface area contributed by atoms with Crippen molar-refractivity contribution in [3.05, 3.63) is 52.9 Å². The fourth-order valence-corrected chi connectivity index (χ4v) is 6.68. The summed E-state index contributed by atoms with van der Waals surface area (Å²) in [4.78, 5) is 45.7. The summed E-state index contributed by atoms with van der Waals surface area (Å²) in [6, 6.07) is 8.68. The second-order valence-corrected chi connectivity index (χ2v) is 15.4. The number of β-amino-alcohol motifs (C(OH)–C–C–N with tert-alkyl or cyclic N) is 1. The minimum atomic E-state index is -0.824. The van der Waals surface area contributed by atoms with Gasteiger partial charge < -0.3 is 53.6 Å². The van der Waals surface area contributed by atoms with Crippen LogP contribution >= 0.6 is 11.3 Å². The number of ether oxygens (including phenoxy) is 6. The van der Waals surface area contributed by atoms with Crippen LogP contribution in [0.2, 0.25) is 0 Å². The number of aliphatic hydroxyl groups excluding tert-OH is 1. The lowest BCUT2D eigenvalue weighted by atomic mass is 9.91. The van der Waals surface area contributed by atoms with E-state index in [9.17, 15) is 19.5 Å². The zero-order chi connectivity index (χ0) is 40.5. The molecule has 0 aliphatic carbocycles. The lowest BCUT2D eigenvalue weighted by Gasteiger charge is -2.28. The standard InChI is InChI=1S/C39H57N5O11S/c1-26(2)34(37(47)44-24-30(45)21-31(44)36(46)41-23-28-7-9-29(10-8-28)35-27(3)42-25-56-35)32-22-33(43-55-32)53-20-19-52-18-17-51-16-15-50-14-13-49-12-11-40-38(48)54-39(4,5)6/h7-10,22,25-26,30-31,34,45H,11-21,23-24H2,1-6H3,(H,40,48)(H,41,46)/t30-,31+,34?/m1/s1. The normalized spacial score (nSPS) is 16.2. The lowest BCUT2D eigenvalue weighted by molar-refractivity contribution is -0.141. The van der Waals surface area contributed by atoms with Crippen LogP contribution in [0.4, 0.5) is 4.79 Å². The van der Waals surface area contributed by atoms with Gasteiger partial charge in [-0.3, -0.25) is 9.59 Å². The lowest BCUT2D eigenvalue weighted by Crippen LogP contribution is -2.48. The molecule has 3 atom stereocenters. The van der Waals surface area contributed by atoms with Gasteiger partial charge in [-0.1, -0.05) is 38.1 Å². The van der Waals surface area contributed by atoms with Crippen LogP contribution in [0.25, 0.3) is 10.4 Å². The molecule has 1 fully saturated rings. The van der Waals surface area contributed by atoms with Crippen molar-refractivity contribution < 1.29 is 52.4 Å². The van der Waals surface area contributed by atoms with Gasteiger partial charge in [0.05, 0.1) is 75.0 Å². The first kappa shape index (κ1) is 44.6. The Morgan fingerprint density at radius 1 is 0.946 bits per heavy atom. The molecule has 3 N–H and O–H groups in total. The van der Waals surface area contributed by atoms with Crippen molar-refractivity contribution >= 4 is 29.2 Å². The molecule has 310 valence electrons. The highest BCUT2D eigenvalue weighted by Gasteiger charge is 2.43. The molecule has 4 rings (SSSR count). The number of carbonyl (C=O) groups is 3. The molecule has 0 radical (unpaired) electrons. The number of aryl methyl sites for hydroxylation is 1. The highest BCUT2D eigenvalue weighted by atomic mass is 32.1. The molecule has 16 nitrogen and oxygen atoms in total. The zero-order valence-corrected chi connectivity index (χ0v) is 34.1. The summed E-state index contributed by atoms with van der Waals surface area (Å²) in [7, 11) is 0. The molecule has 1 aliphatic rings. The number of likely N-dealkylation sites (tertiary alicyclic amines) is 1. The molecule has 3 amide bonds. The van der Waals surface area contributed by atoms with E-state index < -0.39 is 29.8 Å². The van der Waals surface area contributed by atoms with E-state index in [0.29, 0.717) is 58.6 Å². The van der Waals surface area contributed by atoms with E-state index in [1.54, 1.807) is 38.2 Å². The van der Waals surface area contributed by atoms with Gasteiger partial charge in [-0.25, -0.2) is 9.78 Å². The number of thiazole rings is 1. The van der Waals surface area contributed by atoms with Crippen LogP contribution in [0.1, 0.15) is 64.0 Å². The molecule has 0 spiro atoms. The number of hydrogen-bond donors (Lipinski definition) is 3. The fourth-order valence-electron chi connectivity index (χ4n) is 5.87. The number of hydrogen-bond acceptors (Lipinski definition) is 14.